The van der Waals surface area contributed by atoms with Crippen LogP contribution in [-0.4, -0.2) is 40.2 Å². The fourth-order valence-corrected chi connectivity index (χ4v) is 7.54. The molecule has 168 valence electrons. The van der Waals surface area contributed by atoms with E-state index in [0.717, 1.165) is 30.4 Å². The van der Waals surface area contributed by atoms with E-state index in [2.05, 4.69) is 6.92 Å². The normalized spacial score (nSPS) is 41.3. The van der Waals surface area contributed by atoms with Gasteiger partial charge in [0.2, 0.25) is 0 Å². The van der Waals surface area contributed by atoms with E-state index in [1.165, 1.54) is 0 Å². The zero-order valence-corrected chi connectivity index (χ0v) is 19.4. The standard InChI is InChI=1S/C25H31ClO5/c1-5-21(30)31-13-19(28)22-14(2)10-18-17-7-6-15-11-16(27)8-9-24(15,4)25(17,26)20(29)12-23(18,22)3/h8-9,11,17-18,20,29H,5-7,10,12-13H2,1-4H3. The van der Waals surface area contributed by atoms with E-state index in [-0.39, 0.29) is 36.4 Å². The van der Waals surface area contributed by atoms with Crippen molar-refractivity contribution in [1.82, 2.24) is 0 Å². The number of carbonyl (C=O) groups is 3. The van der Waals surface area contributed by atoms with Gasteiger partial charge in [0, 0.05) is 22.8 Å². The molecule has 0 radical (unpaired) electrons. The Balaban J connectivity index is 1.69. The van der Waals surface area contributed by atoms with Gasteiger partial charge in [-0.1, -0.05) is 38.0 Å². The molecule has 0 aliphatic heterocycles. The van der Waals surface area contributed by atoms with Crippen LogP contribution in [-0.2, 0) is 19.1 Å². The zero-order chi connectivity index (χ0) is 22.8. The molecule has 0 aromatic rings. The van der Waals surface area contributed by atoms with Crippen LogP contribution in [0, 0.1) is 22.7 Å². The zero-order valence-electron chi connectivity index (χ0n) is 18.7. The summed E-state index contributed by atoms with van der Waals surface area (Å²) < 4.78 is 5.13. The molecule has 6 heteroatoms. The van der Waals surface area contributed by atoms with E-state index in [0.29, 0.717) is 12.0 Å². The van der Waals surface area contributed by atoms with Crippen LogP contribution in [0.15, 0.2) is 34.9 Å². The smallest absolute Gasteiger partial charge is 0.305 e. The van der Waals surface area contributed by atoms with Crippen LogP contribution < -0.4 is 0 Å². The molecule has 4 rings (SSSR count). The quantitative estimate of drug-likeness (QED) is 0.520. The first-order valence-corrected chi connectivity index (χ1v) is 11.6. The highest BCUT2D eigenvalue weighted by Gasteiger charge is 2.68. The van der Waals surface area contributed by atoms with Gasteiger partial charge in [-0.3, -0.25) is 14.4 Å². The summed E-state index contributed by atoms with van der Waals surface area (Å²) in [4.78, 5) is 35.7. The van der Waals surface area contributed by atoms with Crippen LogP contribution in [0.4, 0.5) is 0 Å². The first kappa shape index (κ1) is 22.5. The summed E-state index contributed by atoms with van der Waals surface area (Å²) in [6, 6.07) is 0. The minimum atomic E-state index is -0.939. The number of rotatable bonds is 4. The Kier molecular flexibility index (Phi) is 5.37. The molecular weight excluding hydrogens is 416 g/mol. The van der Waals surface area contributed by atoms with Gasteiger partial charge in [0.05, 0.1) is 11.0 Å². The van der Waals surface area contributed by atoms with Crippen molar-refractivity contribution in [3.8, 4) is 0 Å². The van der Waals surface area contributed by atoms with Crippen molar-refractivity contribution in [3.05, 3.63) is 34.9 Å². The molecule has 5 nitrogen and oxygen atoms in total. The third-order valence-corrected chi connectivity index (χ3v) is 9.41. The van der Waals surface area contributed by atoms with E-state index in [1.54, 1.807) is 19.1 Å². The minimum Gasteiger partial charge on any atom is -0.457 e. The van der Waals surface area contributed by atoms with Crippen molar-refractivity contribution in [3.63, 3.8) is 0 Å². The van der Waals surface area contributed by atoms with Crippen LogP contribution in [0.5, 0.6) is 0 Å². The predicted octanol–water partition coefficient (Wildman–Crippen LogP) is 4.08. The number of carbonyl (C=O) groups excluding carboxylic acids is 3. The molecule has 6 unspecified atom stereocenters. The summed E-state index contributed by atoms with van der Waals surface area (Å²) in [6.45, 7) is 7.48. The Morgan fingerprint density at radius 1 is 1.29 bits per heavy atom. The van der Waals surface area contributed by atoms with Gasteiger partial charge in [-0.2, -0.15) is 0 Å². The minimum absolute atomic E-state index is 0.0126. The molecule has 0 bridgehead atoms. The second-order valence-electron chi connectivity index (χ2n) is 10.1. The molecule has 6 atom stereocenters. The molecular formula is C25H31ClO5. The Labute approximate surface area is 188 Å². The number of hydrogen-bond acceptors (Lipinski definition) is 5. The molecule has 0 aromatic carbocycles. The van der Waals surface area contributed by atoms with E-state index in [1.807, 2.05) is 19.9 Å². The number of ether oxygens (including phenoxy) is 1. The number of hydrogen-bond donors (Lipinski definition) is 1. The number of fused-ring (bicyclic) bond motifs is 5. The maximum atomic E-state index is 13.1. The van der Waals surface area contributed by atoms with Crippen LogP contribution in [0.3, 0.4) is 0 Å². The molecule has 4 aliphatic carbocycles. The molecule has 0 spiro atoms. The topological polar surface area (TPSA) is 80.7 Å². The SMILES string of the molecule is CCC(=O)OCC(=O)C1=C(C)CC2C3CCC4=CC(=O)C=CC4(C)C3(Cl)C(O)CC12C. The monoisotopic (exact) mass is 446 g/mol. The number of aliphatic hydroxyl groups is 1. The average Bonchev–Trinajstić information content (AvgIpc) is 2.97. The van der Waals surface area contributed by atoms with Gasteiger partial charge in [-0.05, 0) is 56.6 Å². The Morgan fingerprint density at radius 3 is 2.68 bits per heavy atom. The van der Waals surface area contributed by atoms with E-state index in [4.69, 9.17) is 16.3 Å². The molecule has 0 heterocycles. The lowest BCUT2D eigenvalue weighted by Crippen LogP contribution is -2.65. The van der Waals surface area contributed by atoms with Crippen molar-refractivity contribution in [1.29, 1.82) is 0 Å². The van der Waals surface area contributed by atoms with E-state index >= 15 is 0 Å². The molecule has 0 amide bonds. The number of ketones is 2. The average molecular weight is 447 g/mol. The summed E-state index contributed by atoms with van der Waals surface area (Å²) >= 11 is 7.39. The number of halogens is 1. The van der Waals surface area contributed by atoms with Gasteiger partial charge >= 0.3 is 5.97 Å². The lowest BCUT2D eigenvalue weighted by Gasteiger charge is -2.63. The Morgan fingerprint density at radius 2 is 2.00 bits per heavy atom. The summed E-state index contributed by atoms with van der Waals surface area (Å²) in [5.41, 5.74) is 1.55. The van der Waals surface area contributed by atoms with E-state index in [9.17, 15) is 19.5 Å². The molecule has 4 aliphatic rings. The molecule has 0 saturated heterocycles. The first-order valence-electron chi connectivity index (χ1n) is 11.2. The van der Waals surface area contributed by atoms with E-state index < -0.39 is 27.8 Å². The van der Waals surface area contributed by atoms with Gasteiger partial charge < -0.3 is 9.84 Å². The third kappa shape index (κ3) is 3.03. The first-order chi connectivity index (χ1) is 14.5. The second-order valence-corrected chi connectivity index (χ2v) is 10.7. The number of aliphatic hydroxyl groups excluding tert-OH is 1. The van der Waals surface area contributed by atoms with Crippen LogP contribution in [0.2, 0.25) is 0 Å². The van der Waals surface area contributed by atoms with Gasteiger partial charge in [-0.25, -0.2) is 0 Å². The number of allylic oxidation sites excluding steroid dienone is 5. The van der Waals surface area contributed by atoms with Gasteiger partial charge in [0.15, 0.2) is 18.2 Å². The fraction of sp³-hybridized carbons (Fsp3) is 0.640. The number of Topliss-reactive ketones (excluding diaryl/α,β-unsaturated/α-hetero) is 1. The highest BCUT2D eigenvalue weighted by Crippen LogP contribution is 2.69. The lowest BCUT2D eigenvalue weighted by molar-refractivity contribution is -0.147. The van der Waals surface area contributed by atoms with Crippen molar-refractivity contribution in [2.24, 2.45) is 22.7 Å². The molecule has 2 saturated carbocycles. The van der Waals surface area contributed by atoms with Crippen molar-refractivity contribution >= 4 is 29.1 Å². The number of esters is 1. The van der Waals surface area contributed by atoms with Crippen LogP contribution >= 0.6 is 11.6 Å². The van der Waals surface area contributed by atoms with Crippen molar-refractivity contribution < 1.29 is 24.2 Å². The summed E-state index contributed by atoms with van der Waals surface area (Å²) in [5.74, 6) is -0.508. The van der Waals surface area contributed by atoms with Crippen molar-refractivity contribution in [2.75, 3.05) is 6.61 Å². The third-order valence-electron chi connectivity index (χ3n) is 8.49. The maximum absolute atomic E-state index is 13.1. The van der Waals surface area contributed by atoms with Gasteiger partial charge in [0.1, 0.15) is 0 Å². The summed E-state index contributed by atoms with van der Waals surface area (Å²) in [6.07, 6.45) is 7.11. The highest BCUT2D eigenvalue weighted by molar-refractivity contribution is 6.26. The van der Waals surface area contributed by atoms with Crippen LogP contribution in [0.1, 0.15) is 59.8 Å². The predicted molar refractivity (Wildman–Crippen MR) is 117 cm³/mol. The van der Waals surface area contributed by atoms with Gasteiger partial charge in [0.25, 0.3) is 0 Å². The second kappa shape index (κ2) is 7.41. The van der Waals surface area contributed by atoms with Gasteiger partial charge in [-0.15, -0.1) is 11.6 Å². The Bertz CT molecular complexity index is 946. The molecule has 1 N–H and O–H groups in total. The summed E-state index contributed by atoms with van der Waals surface area (Å²) in [7, 11) is 0. The fourth-order valence-electron chi connectivity index (χ4n) is 7.02. The highest BCUT2D eigenvalue weighted by atomic mass is 35.5. The summed E-state index contributed by atoms with van der Waals surface area (Å²) in [5, 5.41) is 11.5. The number of alkyl halides is 1. The Hall–Kier alpha value is -1.72. The van der Waals surface area contributed by atoms with Crippen LogP contribution in [0.25, 0.3) is 0 Å². The molecule has 0 aromatic heterocycles. The maximum Gasteiger partial charge on any atom is 0.305 e. The molecule has 31 heavy (non-hydrogen) atoms. The lowest BCUT2D eigenvalue weighted by atomic mass is 9.46. The molecule has 2 fully saturated rings. The van der Waals surface area contributed by atoms with Crippen molar-refractivity contribution in [2.45, 2.75) is 70.8 Å². The largest absolute Gasteiger partial charge is 0.457 e.